The first-order valence-electron chi connectivity index (χ1n) is 11.2. The molecule has 0 radical (unpaired) electrons. The van der Waals surface area contributed by atoms with Crippen LogP contribution in [-0.2, 0) is 9.53 Å². The summed E-state index contributed by atoms with van der Waals surface area (Å²) in [4.78, 5) is 36.8. The van der Waals surface area contributed by atoms with Crippen molar-refractivity contribution in [1.82, 2.24) is 0 Å². The number of hydrogen-bond acceptors (Lipinski definition) is 6. The van der Waals surface area contributed by atoms with Gasteiger partial charge < -0.3 is 20.9 Å². The molecule has 37 heavy (non-hydrogen) atoms. The number of phenolic OH excluding ortho intramolecular Hbond substituents is 1. The van der Waals surface area contributed by atoms with Crippen molar-refractivity contribution in [3.05, 3.63) is 92.9 Å². The molecule has 0 saturated heterocycles. The van der Waals surface area contributed by atoms with Crippen LogP contribution in [0.25, 0.3) is 0 Å². The second kappa shape index (κ2) is 12.6. The fourth-order valence-corrected chi connectivity index (χ4v) is 4.69. The third-order valence-electron chi connectivity index (χ3n) is 5.38. The minimum atomic E-state index is -0.962. The molecule has 5 N–H and O–H groups in total. The Labute approximate surface area is 231 Å². The van der Waals surface area contributed by atoms with Crippen LogP contribution in [0.15, 0.2) is 81.8 Å². The Morgan fingerprint density at radius 3 is 2.35 bits per heavy atom. The van der Waals surface area contributed by atoms with E-state index in [1.165, 1.54) is 13.0 Å². The molecule has 8 nitrogen and oxygen atoms in total. The fourth-order valence-electron chi connectivity index (χ4n) is 3.43. The van der Waals surface area contributed by atoms with Crippen LogP contribution in [0.3, 0.4) is 0 Å². The van der Waals surface area contributed by atoms with Gasteiger partial charge in [-0.15, -0.1) is 0 Å². The summed E-state index contributed by atoms with van der Waals surface area (Å²) < 4.78 is 6.77. The maximum atomic E-state index is 12.8. The van der Waals surface area contributed by atoms with Crippen molar-refractivity contribution in [1.29, 1.82) is 0 Å². The van der Waals surface area contributed by atoms with E-state index in [4.69, 9.17) is 10.5 Å². The number of aromatic hydroxyl groups is 1. The number of carbonyl (C=O) groups is 3. The summed E-state index contributed by atoms with van der Waals surface area (Å²) in [6.45, 7) is 3.20. The lowest BCUT2D eigenvalue weighted by atomic mass is 9.96. The number of carbonyl (C=O) groups excluding carboxylic acids is 3. The number of phenols is 1. The summed E-state index contributed by atoms with van der Waals surface area (Å²) in [5.41, 5.74) is 8.04. The quantitative estimate of drug-likeness (QED) is 0.123. The van der Waals surface area contributed by atoms with Crippen LogP contribution in [-0.4, -0.2) is 22.9 Å². The highest BCUT2D eigenvalue weighted by molar-refractivity contribution is 9.11. The molecule has 0 aliphatic rings. The molecule has 3 aromatic carbocycles. The minimum Gasteiger partial charge on any atom is -0.506 e. The van der Waals surface area contributed by atoms with Gasteiger partial charge in [0, 0.05) is 27.2 Å². The number of ketones is 1. The molecular weight excluding hydrogens is 606 g/mol. The minimum absolute atomic E-state index is 0.0931. The lowest BCUT2D eigenvalue weighted by Crippen LogP contribution is -2.22. The van der Waals surface area contributed by atoms with Crippen LogP contribution < -0.4 is 16.4 Å². The highest BCUT2D eigenvalue weighted by Gasteiger charge is 2.27. The summed E-state index contributed by atoms with van der Waals surface area (Å²) in [6, 6.07) is 16.5. The van der Waals surface area contributed by atoms with E-state index in [9.17, 15) is 19.5 Å². The number of rotatable bonds is 8. The average Bonchev–Trinajstić information content (AvgIpc) is 2.85. The van der Waals surface area contributed by atoms with Crippen molar-refractivity contribution in [2.45, 2.75) is 20.0 Å². The molecular formula is C27H25Br2N3O5. The molecule has 3 rings (SSSR count). The maximum absolute atomic E-state index is 12.8. The normalized spacial score (nSPS) is 12.5. The van der Waals surface area contributed by atoms with Gasteiger partial charge in [0.15, 0.2) is 5.78 Å². The molecule has 0 saturated carbocycles. The standard InChI is InChI=1S/C27H25Br2N3O5/c1-15(7-12-24(34)32-23-6-4-3-5-22(23)30)26(20-13-18(28)14-21(29)25(20)35)37-27(36)31-19-10-8-17(9-11-19)16(2)33/h3-15,26,35H,30H2,1-2H3,(H,31,36)(H,32,34)/b12-7+/t15-,26-/m1/s1. The monoisotopic (exact) mass is 629 g/mol. The van der Waals surface area contributed by atoms with Gasteiger partial charge in [-0.05, 0) is 77.5 Å². The van der Waals surface area contributed by atoms with E-state index in [0.29, 0.717) is 37.1 Å². The number of nitrogens with two attached hydrogens (primary N) is 1. The molecule has 0 aliphatic carbocycles. The SMILES string of the molecule is CC(=O)c1ccc(NC(=O)O[C@@H](c2cc(Br)cc(Br)c2O)[C@H](C)/C=C/C(=O)Nc2ccccc2N)cc1. The summed E-state index contributed by atoms with van der Waals surface area (Å²) >= 11 is 6.69. The molecule has 192 valence electrons. The summed E-state index contributed by atoms with van der Waals surface area (Å²) in [6.07, 6.45) is 1.15. The Hall–Kier alpha value is -3.63. The first-order chi connectivity index (χ1) is 17.5. The van der Waals surface area contributed by atoms with Crippen molar-refractivity contribution in [2.24, 2.45) is 5.92 Å². The predicted octanol–water partition coefficient (Wildman–Crippen LogP) is 6.82. The van der Waals surface area contributed by atoms with E-state index in [-0.39, 0.29) is 11.5 Å². The molecule has 2 amide bonds. The Morgan fingerprint density at radius 1 is 1.03 bits per heavy atom. The van der Waals surface area contributed by atoms with Crippen molar-refractivity contribution >= 4 is 66.7 Å². The molecule has 0 spiro atoms. The topological polar surface area (TPSA) is 131 Å². The van der Waals surface area contributed by atoms with Gasteiger partial charge in [0.1, 0.15) is 11.9 Å². The molecule has 0 bridgehead atoms. The summed E-state index contributed by atoms with van der Waals surface area (Å²) in [5.74, 6) is -1.15. The van der Waals surface area contributed by atoms with Crippen LogP contribution in [0, 0.1) is 5.92 Å². The fraction of sp³-hybridized carbons (Fsp3) is 0.148. The van der Waals surface area contributed by atoms with Crippen molar-refractivity contribution < 1.29 is 24.2 Å². The molecule has 0 heterocycles. The van der Waals surface area contributed by atoms with Crippen LogP contribution in [0.5, 0.6) is 5.75 Å². The van der Waals surface area contributed by atoms with E-state index < -0.39 is 24.0 Å². The highest BCUT2D eigenvalue weighted by atomic mass is 79.9. The number of hydrogen-bond donors (Lipinski definition) is 4. The number of benzene rings is 3. The maximum Gasteiger partial charge on any atom is 0.412 e. The summed E-state index contributed by atoms with van der Waals surface area (Å²) in [7, 11) is 0. The third kappa shape index (κ3) is 7.68. The van der Waals surface area contributed by atoms with Gasteiger partial charge in [-0.25, -0.2) is 4.79 Å². The van der Waals surface area contributed by atoms with Crippen molar-refractivity contribution in [3.63, 3.8) is 0 Å². The smallest absolute Gasteiger partial charge is 0.412 e. The van der Waals surface area contributed by atoms with E-state index in [1.807, 2.05) is 0 Å². The molecule has 0 fully saturated rings. The van der Waals surface area contributed by atoms with Gasteiger partial charge in [-0.3, -0.25) is 14.9 Å². The van der Waals surface area contributed by atoms with Gasteiger partial charge in [-0.1, -0.05) is 41.1 Å². The number of ether oxygens (including phenoxy) is 1. The van der Waals surface area contributed by atoms with Gasteiger partial charge in [0.25, 0.3) is 0 Å². The Kier molecular flexibility index (Phi) is 9.48. The Balaban J connectivity index is 1.81. The lowest BCUT2D eigenvalue weighted by Gasteiger charge is -2.24. The van der Waals surface area contributed by atoms with E-state index in [1.54, 1.807) is 73.7 Å². The van der Waals surface area contributed by atoms with E-state index in [2.05, 4.69) is 42.5 Å². The van der Waals surface area contributed by atoms with Gasteiger partial charge in [0.2, 0.25) is 5.91 Å². The van der Waals surface area contributed by atoms with Crippen molar-refractivity contribution in [3.8, 4) is 5.75 Å². The zero-order valence-electron chi connectivity index (χ0n) is 20.0. The van der Waals surface area contributed by atoms with Crippen LogP contribution in [0.1, 0.15) is 35.9 Å². The van der Waals surface area contributed by atoms with E-state index >= 15 is 0 Å². The van der Waals surface area contributed by atoms with Gasteiger partial charge in [-0.2, -0.15) is 0 Å². The number of halogens is 2. The molecule has 10 heteroatoms. The number of para-hydroxylation sites is 2. The van der Waals surface area contributed by atoms with Crippen LogP contribution in [0.4, 0.5) is 21.9 Å². The molecule has 0 aromatic heterocycles. The number of Topliss-reactive ketones (excluding diaryl/α,β-unsaturated/α-hetero) is 1. The largest absolute Gasteiger partial charge is 0.506 e. The zero-order valence-corrected chi connectivity index (χ0v) is 23.2. The van der Waals surface area contributed by atoms with E-state index in [0.717, 1.165) is 0 Å². The zero-order chi connectivity index (χ0) is 27.1. The van der Waals surface area contributed by atoms with Crippen LogP contribution >= 0.6 is 31.9 Å². The molecule has 0 aliphatic heterocycles. The second-order valence-corrected chi connectivity index (χ2v) is 9.97. The van der Waals surface area contributed by atoms with Crippen molar-refractivity contribution in [2.75, 3.05) is 16.4 Å². The number of nitrogen functional groups attached to an aromatic ring is 1. The first kappa shape index (κ1) is 27.9. The number of amides is 2. The number of nitrogens with one attached hydrogen (secondary N) is 2. The van der Waals surface area contributed by atoms with Gasteiger partial charge in [0.05, 0.1) is 15.8 Å². The molecule has 2 atom stereocenters. The average molecular weight is 631 g/mol. The lowest BCUT2D eigenvalue weighted by molar-refractivity contribution is -0.111. The number of anilines is 3. The third-order valence-corrected chi connectivity index (χ3v) is 6.45. The first-order valence-corrected chi connectivity index (χ1v) is 12.7. The summed E-state index contributed by atoms with van der Waals surface area (Å²) in [5, 5.41) is 16.0. The predicted molar refractivity (Wildman–Crippen MR) is 151 cm³/mol. The van der Waals surface area contributed by atoms with Crippen LogP contribution in [0.2, 0.25) is 0 Å². The highest BCUT2D eigenvalue weighted by Crippen LogP contribution is 2.40. The molecule has 3 aromatic rings. The Bertz CT molecular complexity index is 1340. The Morgan fingerprint density at radius 2 is 1.70 bits per heavy atom. The second-order valence-electron chi connectivity index (χ2n) is 8.20. The van der Waals surface area contributed by atoms with Gasteiger partial charge >= 0.3 is 6.09 Å². The molecule has 0 unspecified atom stereocenters.